The number of hydrazone groups is 1. The lowest BCUT2D eigenvalue weighted by Gasteiger charge is -2.51. The highest BCUT2D eigenvalue weighted by Gasteiger charge is 2.51. The highest BCUT2D eigenvalue weighted by atomic mass is 79.9. The summed E-state index contributed by atoms with van der Waals surface area (Å²) >= 11 is 9.93. The number of fused-ring (bicyclic) bond motifs is 4. The Labute approximate surface area is 207 Å². The van der Waals surface area contributed by atoms with Crippen LogP contribution in [0.4, 0.5) is 0 Å². The second kappa shape index (κ2) is 8.46. The summed E-state index contributed by atoms with van der Waals surface area (Å²) in [5.41, 5.74) is 4.33. The third kappa shape index (κ3) is 3.96. The molecule has 168 valence electrons. The van der Waals surface area contributed by atoms with Gasteiger partial charge in [-0.05, 0) is 41.5 Å². The van der Waals surface area contributed by atoms with Crippen LogP contribution in [0.2, 0.25) is 5.02 Å². The van der Waals surface area contributed by atoms with Crippen LogP contribution in [-0.2, 0) is 6.54 Å². The number of hydrogen-bond acceptors (Lipinski definition) is 4. The molecular formula is C27H25BrClN3O. The number of halogens is 2. The molecule has 3 heterocycles. The van der Waals surface area contributed by atoms with Crippen molar-refractivity contribution in [2.24, 2.45) is 5.10 Å². The first-order valence-electron chi connectivity index (χ1n) is 11.5. The molecule has 0 aromatic heterocycles. The lowest BCUT2D eigenvalue weighted by molar-refractivity contribution is -0.150. The Morgan fingerprint density at radius 3 is 2.52 bits per heavy atom. The topological polar surface area (TPSA) is 28.1 Å². The predicted octanol–water partition coefficient (Wildman–Crippen LogP) is 6.64. The average Bonchev–Trinajstić information content (AvgIpc) is 3.29. The van der Waals surface area contributed by atoms with Gasteiger partial charge in [0.05, 0.1) is 11.8 Å². The lowest BCUT2D eigenvalue weighted by Crippen LogP contribution is -2.59. The fraction of sp³-hybridized carbons (Fsp3) is 0.296. The maximum atomic E-state index is 6.76. The van der Waals surface area contributed by atoms with Crippen molar-refractivity contribution in [1.29, 1.82) is 0 Å². The summed E-state index contributed by atoms with van der Waals surface area (Å²) in [5, 5.41) is 8.16. The molecule has 1 fully saturated rings. The van der Waals surface area contributed by atoms with Crippen LogP contribution in [-0.4, -0.2) is 34.4 Å². The molecule has 0 bridgehead atoms. The largest absolute Gasteiger partial charge is 0.466 e. The summed E-state index contributed by atoms with van der Waals surface area (Å²) in [5.74, 6) is 0.949. The van der Waals surface area contributed by atoms with Crippen LogP contribution in [0.25, 0.3) is 0 Å². The van der Waals surface area contributed by atoms with Gasteiger partial charge in [-0.3, -0.25) is 4.90 Å². The Balaban J connectivity index is 1.31. The molecule has 3 aliphatic rings. The maximum Gasteiger partial charge on any atom is 0.200 e. The van der Waals surface area contributed by atoms with Gasteiger partial charge in [-0.25, -0.2) is 5.01 Å². The van der Waals surface area contributed by atoms with Crippen molar-refractivity contribution >= 4 is 33.2 Å². The quantitative estimate of drug-likeness (QED) is 0.386. The number of ether oxygens (including phenoxy) is 1. The number of rotatable bonds is 3. The Bertz CT molecular complexity index is 1190. The zero-order valence-electron chi connectivity index (χ0n) is 18.3. The molecule has 6 heteroatoms. The summed E-state index contributed by atoms with van der Waals surface area (Å²) < 4.78 is 7.83. The number of nitrogens with zero attached hydrogens (tertiary/aromatic N) is 3. The van der Waals surface area contributed by atoms with Gasteiger partial charge in [0.25, 0.3) is 0 Å². The summed E-state index contributed by atoms with van der Waals surface area (Å²) in [7, 11) is 0. The number of hydrogen-bond donors (Lipinski definition) is 0. The minimum atomic E-state index is -0.421. The van der Waals surface area contributed by atoms with E-state index in [4.69, 9.17) is 21.4 Å². The Morgan fingerprint density at radius 2 is 1.76 bits per heavy atom. The van der Waals surface area contributed by atoms with E-state index in [1.165, 1.54) is 5.56 Å². The SMILES string of the molecule is Clc1ccc2c(c1)[C@H]1CC(c3ccc(Br)cc3)=NN1C1(CCN(Cc3ccccc3)CC1)O2. The van der Waals surface area contributed by atoms with E-state index in [2.05, 4.69) is 80.4 Å². The third-order valence-electron chi connectivity index (χ3n) is 7.02. The summed E-state index contributed by atoms with van der Waals surface area (Å²) in [4.78, 5) is 2.52. The fourth-order valence-corrected chi connectivity index (χ4v) is 5.75. The molecule has 0 N–H and O–H groups in total. The van der Waals surface area contributed by atoms with Crippen LogP contribution in [0.1, 0.15) is 42.0 Å². The molecule has 33 heavy (non-hydrogen) atoms. The molecule has 0 saturated carbocycles. The molecule has 0 amide bonds. The molecule has 0 aliphatic carbocycles. The van der Waals surface area contributed by atoms with Gasteiger partial charge in [-0.1, -0.05) is 70.0 Å². The van der Waals surface area contributed by atoms with E-state index in [1.807, 2.05) is 18.2 Å². The van der Waals surface area contributed by atoms with Crippen LogP contribution in [0.3, 0.4) is 0 Å². The van der Waals surface area contributed by atoms with Gasteiger partial charge in [-0.2, -0.15) is 5.10 Å². The Morgan fingerprint density at radius 1 is 1.00 bits per heavy atom. The normalized spacial score (nSPS) is 21.3. The van der Waals surface area contributed by atoms with Gasteiger partial charge in [-0.15, -0.1) is 0 Å². The van der Waals surface area contributed by atoms with Crippen LogP contribution >= 0.6 is 27.5 Å². The first kappa shape index (κ1) is 21.2. The van der Waals surface area contributed by atoms with Crippen molar-refractivity contribution in [3.8, 4) is 5.75 Å². The average molecular weight is 523 g/mol. The minimum Gasteiger partial charge on any atom is -0.466 e. The van der Waals surface area contributed by atoms with Gasteiger partial charge >= 0.3 is 0 Å². The van der Waals surface area contributed by atoms with E-state index in [0.29, 0.717) is 0 Å². The van der Waals surface area contributed by atoms with Crippen LogP contribution in [0.5, 0.6) is 5.75 Å². The second-order valence-corrected chi connectivity index (χ2v) is 10.5. The fourth-order valence-electron chi connectivity index (χ4n) is 5.30. The van der Waals surface area contributed by atoms with Crippen LogP contribution in [0.15, 0.2) is 82.4 Å². The molecule has 1 saturated heterocycles. The summed E-state index contributed by atoms with van der Waals surface area (Å²) in [6, 6.07) is 25.3. The van der Waals surface area contributed by atoms with Gasteiger partial charge in [0.2, 0.25) is 5.72 Å². The molecule has 0 radical (unpaired) electrons. The van der Waals surface area contributed by atoms with Gasteiger partial charge in [0, 0.05) is 54.0 Å². The number of benzene rings is 3. The minimum absolute atomic E-state index is 0.145. The molecule has 3 aliphatic heterocycles. The van der Waals surface area contributed by atoms with E-state index in [0.717, 1.165) is 71.0 Å². The third-order valence-corrected chi connectivity index (χ3v) is 7.79. The Kier molecular flexibility index (Phi) is 5.44. The van der Waals surface area contributed by atoms with Crippen LogP contribution in [0, 0.1) is 0 Å². The zero-order chi connectivity index (χ0) is 22.4. The summed E-state index contributed by atoms with van der Waals surface area (Å²) in [6.45, 7) is 2.92. The van der Waals surface area contributed by atoms with Crippen LogP contribution < -0.4 is 4.74 Å². The number of piperidine rings is 1. The molecule has 3 aromatic rings. The smallest absolute Gasteiger partial charge is 0.200 e. The number of likely N-dealkylation sites (tertiary alicyclic amines) is 1. The van der Waals surface area contributed by atoms with E-state index in [9.17, 15) is 0 Å². The van der Waals surface area contributed by atoms with Crippen molar-refractivity contribution in [3.63, 3.8) is 0 Å². The maximum absolute atomic E-state index is 6.76. The lowest BCUT2D eigenvalue weighted by atomic mass is 9.90. The molecule has 6 rings (SSSR count). The van der Waals surface area contributed by atoms with Gasteiger partial charge < -0.3 is 4.74 Å². The standard InChI is InChI=1S/C27H25BrClN3O/c28-21-8-6-20(7-9-21)24-17-25-23-16-22(29)10-11-26(23)33-27(32(25)30-24)12-14-31(15-13-27)18-19-4-2-1-3-5-19/h1-11,16,25H,12-15,17-18H2/t25-/m1/s1. The molecule has 3 aromatic carbocycles. The highest BCUT2D eigenvalue weighted by molar-refractivity contribution is 9.10. The van der Waals surface area contributed by atoms with Crippen molar-refractivity contribution < 1.29 is 4.74 Å². The first-order valence-corrected chi connectivity index (χ1v) is 12.6. The van der Waals surface area contributed by atoms with E-state index in [-0.39, 0.29) is 6.04 Å². The first-order chi connectivity index (χ1) is 16.1. The van der Waals surface area contributed by atoms with Crippen molar-refractivity contribution in [2.45, 2.75) is 37.6 Å². The molecule has 0 unspecified atom stereocenters. The highest BCUT2D eigenvalue weighted by Crippen LogP contribution is 2.50. The van der Waals surface area contributed by atoms with Crippen molar-refractivity contribution in [1.82, 2.24) is 9.91 Å². The second-order valence-electron chi connectivity index (χ2n) is 9.11. The Hall–Kier alpha value is -2.34. The summed E-state index contributed by atoms with van der Waals surface area (Å²) in [6.07, 6.45) is 2.68. The predicted molar refractivity (Wildman–Crippen MR) is 136 cm³/mol. The van der Waals surface area contributed by atoms with E-state index >= 15 is 0 Å². The van der Waals surface area contributed by atoms with Crippen molar-refractivity contribution in [3.05, 3.63) is 99.0 Å². The van der Waals surface area contributed by atoms with E-state index in [1.54, 1.807) is 0 Å². The van der Waals surface area contributed by atoms with E-state index < -0.39 is 5.72 Å². The molecule has 1 atom stereocenters. The molecule has 4 nitrogen and oxygen atoms in total. The zero-order valence-corrected chi connectivity index (χ0v) is 20.6. The van der Waals surface area contributed by atoms with Crippen molar-refractivity contribution in [2.75, 3.05) is 13.1 Å². The van der Waals surface area contributed by atoms with Gasteiger partial charge in [0.1, 0.15) is 5.75 Å². The van der Waals surface area contributed by atoms with Gasteiger partial charge in [0.15, 0.2) is 0 Å². The molecule has 1 spiro atoms. The monoisotopic (exact) mass is 521 g/mol. The molecular weight excluding hydrogens is 498 g/mol.